The van der Waals surface area contributed by atoms with Gasteiger partial charge < -0.3 is 5.32 Å². The summed E-state index contributed by atoms with van der Waals surface area (Å²) in [6, 6.07) is 9.12. The molecule has 0 aromatic heterocycles. The molecule has 5 rings (SSSR count). The van der Waals surface area contributed by atoms with Crippen molar-refractivity contribution < 1.29 is 4.39 Å². The number of nitriles is 1. The van der Waals surface area contributed by atoms with Gasteiger partial charge in [0.1, 0.15) is 11.4 Å². The summed E-state index contributed by atoms with van der Waals surface area (Å²) >= 11 is 0. The molecule has 0 amide bonds. The van der Waals surface area contributed by atoms with E-state index in [0.29, 0.717) is 11.8 Å². The summed E-state index contributed by atoms with van der Waals surface area (Å²) in [7, 11) is 0. The zero-order valence-electron chi connectivity index (χ0n) is 11.5. The van der Waals surface area contributed by atoms with E-state index in [-0.39, 0.29) is 5.82 Å². The van der Waals surface area contributed by atoms with E-state index in [2.05, 4.69) is 11.4 Å². The average molecular weight is 270 g/mol. The second-order valence-electron chi connectivity index (χ2n) is 6.92. The van der Waals surface area contributed by atoms with Crippen molar-refractivity contribution in [1.29, 1.82) is 5.26 Å². The fraction of sp³-hybridized carbons (Fsp3) is 0.588. The molecule has 0 heterocycles. The van der Waals surface area contributed by atoms with Gasteiger partial charge in [0, 0.05) is 5.69 Å². The van der Waals surface area contributed by atoms with Crippen LogP contribution in [0.4, 0.5) is 10.1 Å². The number of rotatable bonds is 2. The first kappa shape index (κ1) is 12.2. The minimum absolute atomic E-state index is 0.244. The van der Waals surface area contributed by atoms with E-state index < -0.39 is 5.54 Å². The molecule has 0 saturated heterocycles. The highest BCUT2D eigenvalue weighted by Gasteiger charge is 2.57. The summed E-state index contributed by atoms with van der Waals surface area (Å²) in [5.41, 5.74) is 0.278. The molecule has 104 valence electrons. The Hall–Kier alpha value is -1.56. The van der Waals surface area contributed by atoms with E-state index in [9.17, 15) is 9.65 Å². The van der Waals surface area contributed by atoms with Gasteiger partial charge in [0.2, 0.25) is 0 Å². The van der Waals surface area contributed by atoms with Crippen molar-refractivity contribution in [2.24, 2.45) is 23.7 Å². The van der Waals surface area contributed by atoms with Crippen LogP contribution in [-0.2, 0) is 0 Å². The fourth-order valence-electron chi connectivity index (χ4n) is 5.15. The van der Waals surface area contributed by atoms with E-state index in [0.717, 1.165) is 17.5 Å². The average Bonchev–Trinajstić information content (AvgIpc) is 2.42. The molecule has 4 aliphatic rings. The molecule has 0 radical (unpaired) electrons. The standard InChI is InChI=1S/C17H19FN2/c18-15-2-1-3-16(9-15)20-17(10-19)13-5-11-4-12(7-13)8-14(17)6-11/h1-3,9,11-14,20H,4-8H2. The van der Waals surface area contributed by atoms with E-state index in [4.69, 9.17) is 0 Å². The molecule has 4 saturated carbocycles. The molecule has 1 aromatic carbocycles. The molecule has 0 aliphatic heterocycles. The van der Waals surface area contributed by atoms with Crippen LogP contribution in [0.3, 0.4) is 0 Å². The van der Waals surface area contributed by atoms with Crippen molar-refractivity contribution in [3.63, 3.8) is 0 Å². The van der Waals surface area contributed by atoms with Gasteiger partial charge in [0.15, 0.2) is 0 Å². The zero-order valence-corrected chi connectivity index (χ0v) is 11.5. The Labute approximate surface area is 119 Å². The first-order valence-corrected chi connectivity index (χ1v) is 7.64. The lowest BCUT2D eigenvalue weighted by Crippen LogP contribution is -2.61. The summed E-state index contributed by atoms with van der Waals surface area (Å²) in [6.45, 7) is 0. The molecule has 4 bridgehead atoms. The predicted molar refractivity (Wildman–Crippen MR) is 75.4 cm³/mol. The number of anilines is 1. The third-order valence-electron chi connectivity index (χ3n) is 5.79. The van der Waals surface area contributed by atoms with Crippen molar-refractivity contribution in [1.82, 2.24) is 0 Å². The lowest BCUT2D eigenvalue weighted by Gasteiger charge is -2.58. The van der Waals surface area contributed by atoms with Gasteiger partial charge in [0.25, 0.3) is 0 Å². The molecular weight excluding hydrogens is 251 g/mol. The van der Waals surface area contributed by atoms with Crippen LogP contribution in [0.2, 0.25) is 0 Å². The SMILES string of the molecule is N#CC1(Nc2cccc(F)c2)C2CC3CC(C2)CC1C3. The molecule has 3 heteroatoms. The number of hydrogen-bond acceptors (Lipinski definition) is 2. The number of benzene rings is 1. The molecule has 20 heavy (non-hydrogen) atoms. The second kappa shape index (κ2) is 4.22. The molecule has 1 N–H and O–H groups in total. The lowest BCUT2D eigenvalue weighted by molar-refractivity contribution is -0.0206. The molecule has 4 aliphatic carbocycles. The van der Waals surface area contributed by atoms with Gasteiger partial charge >= 0.3 is 0 Å². The van der Waals surface area contributed by atoms with Crippen molar-refractivity contribution in [3.05, 3.63) is 30.1 Å². The second-order valence-corrected chi connectivity index (χ2v) is 6.92. The fourth-order valence-corrected chi connectivity index (χ4v) is 5.15. The van der Waals surface area contributed by atoms with Crippen molar-refractivity contribution >= 4 is 5.69 Å². The van der Waals surface area contributed by atoms with Crippen LogP contribution < -0.4 is 5.32 Å². The van der Waals surface area contributed by atoms with Crippen LogP contribution in [0.25, 0.3) is 0 Å². The zero-order chi connectivity index (χ0) is 13.7. The van der Waals surface area contributed by atoms with E-state index in [1.54, 1.807) is 6.07 Å². The maximum Gasteiger partial charge on any atom is 0.131 e. The van der Waals surface area contributed by atoms with Gasteiger partial charge in [0.05, 0.1) is 6.07 Å². The van der Waals surface area contributed by atoms with Crippen LogP contribution in [0.1, 0.15) is 32.1 Å². The highest BCUT2D eigenvalue weighted by atomic mass is 19.1. The monoisotopic (exact) mass is 270 g/mol. The Morgan fingerprint density at radius 3 is 2.30 bits per heavy atom. The quantitative estimate of drug-likeness (QED) is 0.883. The summed E-state index contributed by atoms with van der Waals surface area (Å²) < 4.78 is 13.4. The van der Waals surface area contributed by atoms with E-state index in [1.165, 1.54) is 44.2 Å². The summed E-state index contributed by atoms with van der Waals surface area (Å²) in [6.07, 6.45) is 6.05. The molecule has 0 unspecified atom stereocenters. The van der Waals surface area contributed by atoms with E-state index >= 15 is 0 Å². The number of nitrogens with zero attached hydrogens (tertiary/aromatic N) is 1. The Kier molecular flexibility index (Phi) is 2.57. The first-order valence-electron chi connectivity index (χ1n) is 7.64. The molecule has 2 nitrogen and oxygen atoms in total. The smallest absolute Gasteiger partial charge is 0.131 e. The molecule has 0 spiro atoms. The van der Waals surface area contributed by atoms with Crippen LogP contribution in [-0.4, -0.2) is 5.54 Å². The molecular formula is C17H19FN2. The Bertz CT molecular complexity index is 547. The lowest BCUT2D eigenvalue weighted by atomic mass is 9.49. The number of hydrogen-bond donors (Lipinski definition) is 1. The van der Waals surface area contributed by atoms with Crippen LogP contribution in [0.15, 0.2) is 24.3 Å². The minimum Gasteiger partial charge on any atom is -0.367 e. The first-order chi connectivity index (χ1) is 9.69. The highest BCUT2D eigenvalue weighted by Crippen LogP contribution is 2.58. The van der Waals surface area contributed by atoms with Crippen molar-refractivity contribution in [2.45, 2.75) is 37.6 Å². The summed E-state index contributed by atoms with van der Waals surface area (Å²) in [4.78, 5) is 0. The van der Waals surface area contributed by atoms with Crippen LogP contribution in [0, 0.1) is 40.8 Å². The third kappa shape index (κ3) is 1.67. The maximum atomic E-state index is 13.4. The third-order valence-corrected chi connectivity index (χ3v) is 5.79. The Morgan fingerprint density at radius 1 is 1.10 bits per heavy atom. The molecule has 4 fully saturated rings. The van der Waals surface area contributed by atoms with Crippen LogP contribution in [0.5, 0.6) is 0 Å². The van der Waals surface area contributed by atoms with Gasteiger partial charge in [-0.3, -0.25) is 0 Å². The largest absolute Gasteiger partial charge is 0.367 e. The summed E-state index contributed by atoms with van der Waals surface area (Å²) in [5.74, 6) is 2.28. The van der Waals surface area contributed by atoms with Gasteiger partial charge in [-0.1, -0.05) is 6.07 Å². The van der Waals surface area contributed by atoms with E-state index in [1.807, 2.05) is 6.07 Å². The maximum absolute atomic E-state index is 13.4. The Balaban J connectivity index is 1.68. The highest BCUT2D eigenvalue weighted by molar-refractivity contribution is 5.49. The predicted octanol–water partition coefficient (Wildman–Crippen LogP) is 3.96. The van der Waals surface area contributed by atoms with Crippen molar-refractivity contribution in [2.75, 3.05) is 5.32 Å². The van der Waals surface area contributed by atoms with Gasteiger partial charge in [-0.25, -0.2) is 4.39 Å². The minimum atomic E-state index is -0.471. The van der Waals surface area contributed by atoms with Gasteiger partial charge in [-0.05, 0) is 74.0 Å². The topological polar surface area (TPSA) is 35.8 Å². The van der Waals surface area contributed by atoms with Crippen molar-refractivity contribution in [3.8, 4) is 6.07 Å². The number of nitrogens with one attached hydrogen (secondary N) is 1. The summed E-state index contributed by atoms with van der Waals surface area (Å²) in [5, 5.41) is 13.3. The number of halogens is 1. The normalized spacial score (nSPS) is 41.4. The van der Waals surface area contributed by atoms with Gasteiger partial charge in [-0.15, -0.1) is 0 Å². The molecule has 1 aromatic rings. The van der Waals surface area contributed by atoms with Crippen LogP contribution >= 0.6 is 0 Å². The van der Waals surface area contributed by atoms with Gasteiger partial charge in [-0.2, -0.15) is 5.26 Å². The Morgan fingerprint density at radius 2 is 1.75 bits per heavy atom. The molecule has 0 atom stereocenters.